The minimum atomic E-state index is -0.0795. The van der Waals surface area contributed by atoms with Crippen molar-refractivity contribution >= 4 is 5.91 Å². The molecule has 1 N–H and O–H groups in total. The Bertz CT molecular complexity index is 846. The second-order valence-corrected chi connectivity index (χ2v) is 6.05. The zero-order chi connectivity index (χ0) is 18.2. The fourth-order valence-electron chi connectivity index (χ4n) is 2.64. The number of benzene rings is 2. The molecule has 0 atom stereocenters. The number of pyridine rings is 1. The summed E-state index contributed by atoms with van der Waals surface area (Å²) in [5, 5.41) is 2.95. The van der Waals surface area contributed by atoms with E-state index in [2.05, 4.69) is 17.2 Å². The summed E-state index contributed by atoms with van der Waals surface area (Å²) in [6.07, 6.45) is 3.82. The number of nitrogens with zero attached hydrogens (tertiary/aromatic N) is 1. The van der Waals surface area contributed by atoms with Crippen LogP contribution >= 0.6 is 0 Å². The molecule has 0 unspecified atom stereocenters. The number of carbonyl (C=O) groups excluding carboxylic acids is 1. The molecule has 0 fully saturated rings. The summed E-state index contributed by atoms with van der Waals surface area (Å²) in [6.45, 7) is 2.58. The van der Waals surface area contributed by atoms with E-state index in [1.165, 1.54) is 5.56 Å². The monoisotopic (exact) mass is 346 g/mol. The maximum atomic E-state index is 12.3. The SMILES string of the molecule is CCCc1ccc(C(=O)NCc2cccc(Oc3ccccn3)c2)cc1. The van der Waals surface area contributed by atoms with E-state index in [0.29, 0.717) is 23.7 Å². The first-order chi connectivity index (χ1) is 12.7. The number of amides is 1. The Hall–Kier alpha value is -3.14. The summed E-state index contributed by atoms with van der Waals surface area (Å²) in [7, 11) is 0. The Kier molecular flexibility index (Phi) is 5.99. The van der Waals surface area contributed by atoms with Crippen LogP contribution < -0.4 is 10.1 Å². The van der Waals surface area contributed by atoms with Crippen molar-refractivity contribution in [3.63, 3.8) is 0 Å². The zero-order valence-electron chi connectivity index (χ0n) is 14.8. The maximum Gasteiger partial charge on any atom is 0.251 e. The minimum Gasteiger partial charge on any atom is -0.439 e. The van der Waals surface area contributed by atoms with E-state index in [-0.39, 0.29) is 5.91 Å². The second-order valence-electron chi connectivity index (χ2n) is 6.05. The summed E-state index contributed by atoms with van der Waals surface area (Å²) < 4.78 is 5.72. The number of aryl methyl sites for hydroxylation is 1. The first kappa shape index (κ1) is 17.7. The van der Waals surface area contributed by atoms with Crippen LogP contribution in [0.4, 0.5) is 0 Å². The van der Waals surface area contributed by atoms with E-state index in [1.807, 2.05) is 60.7 Å². The van der Waals surface area contributed by atoms with Crippen LogP contribution in [0.1, 0.15) is 34.8 Å². The lowest BCUT2D eigenvalue weighted by molar-refractivity contribution is 0.0951. The summed E-state index contributed by atoms with van der Waals surface area (Å²) in [6, 6.07) is 20.9. The number of rotatable bonds is 7. The van der Waals surface area contributed by atoms with Crippen LogP contribution in [0.2, 0.25) is 0 Å². The van der Waals surface area contributed by atoms with Gasteiger partial charge in [-0.3, -0.25) is 4.79 Å². The highest BCUT2D eigenvalue weighted by Crippen LogP contribution is 2.20. The third-order valence-corrected chi connectivity index (χ3v) is 3.97. The van der Waals surface area contributed by atoms with Crippen LogP contribution in [-0.2, 0) is 13.0 Å². The Morgan fingerprint density at radius 2 is 1.85 bits per heavy atom. The molecule has 0 bridgehead atoms. The molecule has 4 nitrogen and oxygen atoms in total. The topological polar surface area (TPSA) is 51.2 Å². The van der Waals surface area contributed by atoms with Gasteiger partial charge in [0.15, 0.2) is 0 Å². The number of hydrogen-bond donors (Lipinski definition) is 1. The van der Waals surface area contributed by atoms with E-state index in [4.69, 9.17) is 4.74 Å². The van der Waals surface area contributed by atoms with Crippen LogP contribution in [0.15, 0.2) is 72.9 Å². The Morgan fingerprint density at radius 3 is 2.58 bits per heavy atom. The molecule has 4 heteroatoms. The van der Waals surface area contributed by atoms with Gasteiger partial charge >= 0.3 is 0 Å². The van der Waals surface area contributed by atoms with Gasteiger partial charge in [-0.1, -0.05) is 43.7 Å². The lowest BCUT2D eigenvalue weighted by Gasteiger charge is -2.09. The first-order valence-electron chi connectivity index (χ1n) is 8.79. The number of carbonyl (C=O) groups is 1. The summed E-state index contributed by atoms with van der Waals surface area (Å²) in [5.74, 6) is 1.16. The van der Waals surface area contributed by atoms with Gasteiger partial charge in [-0.05, 0) is 47.9 Å². The van der Waals surface area contributed by atoms with Crippen molar-refractivity contribution in [1.29, 1.82) is 0 Å². The molecule has 132 valence electrons. The van der Waals surface area contributed by atoms with Crippen LogP contribution in [0.5, 0.6) is 11.6 Å². The van der Waals surface area contributed by atoms with E-state index < -0.39 is 0 Å². The molecule has 0 spiro atoms. The minimum absolute atomic E-state index is 0.0795. The van der Waals surface area contributed by atoms with Crippen LogP contribution in [0.25, 0.3) is 0 Å². The molecule has 0 saturated carbocycles. The molecule has 1 aromatic heterocycles. The molecular formula is C22H22N2O2. The maximum absolute atomic E-state index is 12.3. The fourth-order valence-corrected chi connectivity index (χ4v) is 2.64. The van der Waals surface area contributed by atoms with E-state index in [0.717, 1.165) is 18.4 Å². The van der Waals surface area contributed by atoms with Gasteiger partial charge in [0.05, 0.1) is 0 Å². The lowest BCUT2D eigenvalue weighted by Crippen LogP contribution is -2.22. The third-order valence-electron chi connectivity index (χ3n) is 3.97. The Labute approximate surface area is 153 Å². The van der Waals surface area contributed by atoms with Crippen LogP contribution in [0, 0.1) is 0 Å². The van der Waals surface area contributed by atoms with Crippen LogP contribution in [0.3, 0.4) is 0 Å². The molecule has 1 heterocycles. The number of ether oxygens (including phenoxy) is 1. The van der Waals surface area contributed by atoms with Gasteiger partial charge in [0.25, 0.3) is 5.91 Å². The highest BCUT2D eigenvalue weighted by molar-refractivity contribution is 5.94. The third kappa shape index (κ3) is 4.93. The highest BCUT2D eigenvalue weighted by atomic mass is 16.5. The molecular weight excluding hydrogens is 324 g/mol. The van der Waals surface area contributed by atoms with Crippen molar-refractivity contribution < 1.29 is 9.53 Å². The zero-order valence-corrected chi connectivity index (χ0v) is 14.8. The van der Waals surface area contributed by atoms with Crippen LogP contribution in [-0.4, -0.2) is 10.9 Å². The van der Waals surface area contributed by atoms with Gasteiger partial charge in [0.2, 0.25) is 5.88 Å². The average Bonchev–Trinajstić information content (AvgIpc) is 2.68. The molecule has 0 aliphatic carbocycles. The van der Waals surface area contributed by atoms with Gasteiger partial charge in [-0.2, -0.15) is 0 Å². The van der Waals surface area contributed by atoms with Crippen molar-refractivity contribution in [3.8, 4) is 11.6 Å². The standard InChI is InChI=1S/C22H22N2O2/c1-2-6-17-10-12-19(13-11-17)22(25)24-16-18-7-5-8-20(15-18)26-21-9-3-4-14-23-21/h3-5,7-15H,2,6,16H2,1H3,(H,24,25). The van der Waals surface area contributed by atoms with Crippen molar-refractivity contribution in [2.75, 3.05) is 0 Å². The van der Waals surface area contributed by atoms with Crippen molar-refractivity contribution in [2.24, 2.45) is 0 Å². The molecule has 0 saturated heterocycles. The lowest BCUT2D eigenvalue weighted by atomic mass is 10.1. The smallest absolute Gasteiger partial charge is 0.251 e. The van der Waals surface area contributed by atoms with Gasteiger partial charge < -0.3 is 10.1 Å². The van der Waals surface area contributed by atoms with Gasteiger partial charge in [-0.15, -0.1) is 0 Å². The normalized spacial score (nSPS) is 10.3. The molecule has 3 rings (SSSR count). The number of hydrogen-bond acceptors (Lipinski definition) is 3. The van der Waals surface area contributed by atoms with E-state index in [1.54, 1.807) is 12.3 Å². The van der Waals surface area contributed by atoms with Gasteiger partial charge in [0, 0.05) is 24.4 Å². The summed E-state index contributed by atoms with van der Waals surface area (Å²) in [5.41, 5.74) is 2.89. The summed E-state index contributed by atoms with van der Waals surface area (Å²) in [4.78, 5) is 16.5. The molecule has 3 aromatic rings. The quantitative estimate of drug-likeness (QED) is 0.671. The van der Waals surface area contributed by atoms with Crippen molar-refractivity contribution in [2.45, 2.75) is 26.3 Å². The molecule has 0 aliphatic heterocycles. The van der Waals surface area contributed by atoms with E-state index in [9.17, 15) is 4.79 Å². The van der Waals surface area contributed by atoms with E-state index >= 15 is 0 Å². The predicted molar refractivity (Wildman–Crippen MR) is 102 cm³/mol. The Morgan fingerprint density at radius 1 is 1.00 bits per heavy atom. The molecule has 0 radical (unpaired) electrons. The highest BCUT2D eigenvalue weighted by Gasteiger charge is 2.06. The van der Waals surface area contributed by atoms with Gasteiger partial charge in [0.1, 0.15) is 5.75 Å². The van der Waals surface area contributed by atoms with Gasteiger partial charge in [-0.25, -0.2) is 4.98 Å². The first-order valence-corrected chi connectivity index (χ1v) is 8.79. The largest absolute Gasteiger partial charge is 0.439 e. The van der Waals surface area contributed by atoms with Crippen molar-refractivity contribution in [3.05, 3.63) is 89.6 Å². The fraction of sp³-hybridized carbons (Fsp3) is 0.182. The Balaban J connectivity index is 1.59. The molecule has 26 heavy (non-hydrogen) atoms. The number of aromatic nitrogens is 1. The second kappa shape index (κ2) is 8.81. The predicted octanol–water partition coefficient (Wildman–Crippen LogP) is 4.76. The summed E-state index contributed by atoms with van der Waals surface area (Å²) >= 11 is 0. The molecule has 1 amide bonds. The molecule has 0 aliphatic rings. The number of nitrogens with one attached hydrogen (secondary N) is 1. The van der Waals surface area contributed by atoms with Crippen molar-refractivity contribution in [1.82, 2.24) is 10.3 Å². The molecule has 2 aromatic carbocycles. The average molecular weight is 346 g/mol.